The Kier molecular flexibility index (Phi) is 5.54. The monoisotopic (exact) mass is 413 g/mol. The van der Waals surface area contributed by atoms with Crippen LogP contribution >= 0.6 is 54.8 Å². The number of hydrogen-bond donors (Lipinski definition) is 0. The van der Waals surface area contributed by atoms with Crippen molar-refractivity contribution in [3.63, 3.8) is 0 Å². The second-order valence-corrected chi connectivity index (χ2v) is 8.60. The van der Waals surface area contributed by atoms with Gasteiger partial charge in [0, 0.05) is 19.0 Å². The van der Waals surface area contributed by atoms with Gasteiger partial charge in [-0.15, -0.1) is 22.9 Å². The van der Waals surface area contributed by atoms with E-state index in [-0.39, 0.29) is 5.91 Å². The van der Waals surface area contributed by atoms with Crippen molar-refractivity contribution in [2.24, 2.45) is 5.92 Å². The van der Waals surface area contributed by atoms with Crippen molar-refractivity contribution in [2.75, 3.05) is 19.0 Å². The van der Waals surface area contributed by atoms with E-state index in [2.05, 4.69) is 31.9 Å². The molecule has 0 aromatic carbocycles. The zero-order chi connectivity index (χ0) is 13.1. The molecule has 0 aliphatic carbocycles. The average molecular weight is 416 g/mol. The summed E-state index contributed by atoms with van der Waals surface area (Å²) in [6.07, 6.45) is 3.26. The molecular weight excluding hydrogens is 401 g/mol. The molecular formula is C12H14Br2ClNOS. The van der Waals surface area contributed by atoms with Crippen LogP contribution in [0.4, 0.5) is 0 Å². The van der Waals surface area contributed by atoms with E-state index >= 15 is 0 Å². The van der Waals surface area contributed by atoms with Crippen molar-refractivity contribution < 1.29 is 4.79 Å². The Balaban J connectivity index is 2.06. The average Bonchev–Trinajstić information content (AvgIpc) is 2.68. The number of carbonyl (C=O) groups is 1. The molecule has 100 valence electrons. The number of thiophene rings is 1. The summed E-state index contributed by atoms with van der Waals surface area (Å²) in [6, 6.07) is 1.89. The quantitative estimate of drug-likeness (QED) is 0.652. The zero-order valence-electron chi connectivity index (χ0n) is 9.79. The fourth-order valence-corrected chi connectivity index (χ4v) is 5.38. The lowest BCUT2D eigenvalue weighted by atomic mass is 9.95. The minimum atomic E-state index is 0.128. The summed E-state index contributed by atoms with van der Waals surface area (Å²) < 4.78 is 1.88. The first-order chi connectivity index (χ1) is 8.61. The van der Waals surface area contributed by atoms with E-state index in [1.807, 2.05) is 11.0 Å². The maximum absolute atomic E-state index is 12.4. The third kappa shape index (κ3) is 3.50. The van der Waals surface area contributed by atoms with Gasteiger partial charge in [-0.25, -0.2) is 0 Å². The van der Waals surface area contributed by atoms with E-state index in [1.165, 1.54) is 17.8 Å². The fourth-order valence-electron chi connectivity index (χ4n) is 2.30. The first-order valence-electron chi connectivity index (χ1n) is 5.92. The van der Waals surface area contributed by atoms with Gasteiger partial charge in [-0.2, -0.15) is 0 Å². The second-order valence-electron chi connectivity index (χ2n) is 4.47. The standard InChI is InChI=1S/C12H14Br2ClNOS/c13-10-6-9(11(14)18-10)12(17)16-5-1-2-8(7-16)3-4-15/h6,8H,1-5,7H2. The normalized spacial score (nSPS) is 20.2. The number of piperidine rings is 1. The van der Waals surface area contributed by atoms with Gasteiger partial charge >= 0.3 is 0 Å². The summed E-state index contributed by atoms with van der Waals surface area (Å²) in [5.74, 6) is 1.37. The predicted molar refractivity (Wildman–Crippen MR) is 83.7 cm³/mol. The number of alkyl halides is 1. The molecule has 1 fully saturated rings. The molecule has 1 aromatic heterocycles. The van der Waals surface area contributed by atoms with Crippen molar-refractivity contribution >= 4 is 60.7 Å². The van der Waals surface area contributed by atoms with Crippen molar-refractivity contribution in [2.45, 2.75) is 19.3 Å². The van der Waals surface area contributed by atoms with Gasteiger partial charge in [0.15, 0.2) is 0 Å². The van der Waals surface area contributed by atoms with Gasteiger partial charge in [-0.05, 0) is 63.1 Å². The van der Waals surface area contributed by atoms with Crippen molar-refractivity contribution in [1.82, 2.24) is 4.90 Å². The Morgan fingerprint density at radius 2 is 2.33 bits per heavy atom. The molecule has 1 aliphatic heterocycles. The molecule has 0 radical (unpaired) electrons. The summed E-state index contributed by atoms with van der Waals surface area (Å²) >= 11 is 14.2. The van der Waals surface area contributed by atoms with Crippen LogP contribution in [-0.2, 0) is 0 Å². The number of amides is 1. The van der Waals surface area contributed by atoms with Crippen LogP contribution in [0.1, 0.15) is 29.6 Å². The molecule has 6 heteroatoms. The Labute approximate surface area is 133 Å². The number of halogens is 3. The molecule has 1 unspecified atom stereocenters. The highest BCUT2D eigenvalue weighted by atomic mass is 79.9. The highest BCUT2D eigenvalue weighted by molar-refractivity contribution is 9.12. The van der Waals surface area contributed by atoms with E-state index in [1.54, 1.807) is 0 Å². The Hall–Kier alpha value is 0.420. The second kappa shape index (κ2) is 6.73. The minimum absolute atomic E-state index is 0.128. The molecule has 1 aromatic rings. The molecule has 0 saturated carbocycles. The van der Waals surface area contributed by atoms with Gasteiger partial charge in [-0.3, -0.25) is 4.79 Å². The van der Waals surface area contributed by atoms with Crippen LogP contribution in [-0.4, -0.2) is 29.8 Å². The highest BCUT2D eigenvalue weighted by Gasteiger charge is 2.26. The smallest absolute Gasteiger partial charge is 0.255 e. The summed E-state index contributed by atoms with van der Waals surface area (Å²) in [6.45, 7) is 1.70. The van der Waals surface area contributed by atoms with Crippen LogP contribution in [0.2, 0.25) is 0 Å². The maximum Gasteiger partial charge on any atom is 0.255 e. The lowest BCUT2D eigenvalue weighted by molar-refractivity contribution is 0.0671. The van der Waals surface area contributed by atoms with Gasteiger partial charge in [-0.1, -0.05) is 0 Å². The van der Waals surface area contributed by atoms with Crippen LogP contribution in [0, 0.1) is 5.92 Å². The highest BCUT2D eigenvalue weighted by Crippen LogP contribution is 2.33. The Morgan fingerprint density at radius 3 is 2.94 bits per heavy atom. The minimum Gasteiger partial charge on any atom is -0.338 e. The van der Waals surface area contributed by atoms with Crippen molar-refractivity contribution in [3.05, 3.63) is 19.2 Å². The van der Waals surface area contributed by atoms with E-state index in [9.17, 15) is 4.79 Å². The van der Waals surface area contributed by atoms with Crippen molar-refractivity contribution in [3.8, 4) is 0 Å². The summed E-state index contributed by atoms with van der Waals surface area (Å²) in [5.41, 5.74) is 0.762. The Bertz CT molecular complexity index is 436. The molecule has 1 amide bonds. The van der Waals surface area contributed by atoms with Gasteiger partial charge in [0.1, 0.15) is 0 Å². The number of rotatable bonds is 3. The third-order valence-corrected chi connectivity index (χ3v) is 5.77. The van der Waals surface area contributed by atoms with Crippen LogP contribution in [0.15, 0.2) is 13.6 Å². The lowest BCUT2D eigenvalue weighted by Crippen LogP contribution is -2.40. The molecule has 0 spiro atoms. The molecule has 2 heterocycles. The number of carbonyl (C=O) groups excluding carboxylic acids is 1. The zero-order valence-corrected chi connectivity index (χ0v) is 14.5. The maximum atomic E-state index is 12.4. The SMILES string of the molecule is O=C(c1cc(Br)sc1Br)N1CCCC(CCCl)C1. The molecule has 2 nitrogen and oxygen atoms in total. The van der Waals surface area contributed by atoms with E-state index in [4.69, 9.17) is 11.6 Å². The Morgan fingerprint density at radius 1 is 1.56 bits per heavy atom. The van der Waals surface area contributed by atoms with Gasteiger partial charge < -0.3 is 4.90 Å². The van der Waals surface area contributed by atoms with Crippen LogP contribution < -0.4 is 0 Å². The van der Waals surface area contributed by atoms with Gasteiger partial charge in [0.25, 0.3) is 5.91 Å². The fraction of sp³-hybridized carbons (Fsp3) is 0.583. The topological polar surface area (TPSA) is 20.3 Å². The summed E-state index contributed by atoms with van der Waals surface area (Å²) in [5, 5.41) is 0. The predicted octanol–water partition coefficient (Wildman–Crippen LogP) is 4.75. The summed E-state index contributed by atoms with van der Waals surface area (Å²) in [4.78, 5) is 14.4. The molecule has 1 saturated heterocycles. The summed E-state index contributed by atoms with van der Waals surface area (Å²) in [7, 11) is 0. The van der Waals surface area contributed by atoms with Crippen LogP contribution in [0.5, 0.6) is 0 Å². The number of nitrogens with zero attached hydrogens (tertiary/aromatic N) is 1. The van der Waals surface area contributed by atoms with Gasteiger partial charge in [0.2, 0.25) is 0 Å². The molecule has 0 bridgehead atoms. The molecule has 18 heavy (non-hydrogen) atoms. The van der Waals surface area contributed by atoms with Crippen LogP contribution in [0.3, 0.4) is 0 Å². The first kappa shape index (κ1) is 14.8. The van der Waals surface area contributed by atoms with Gasteiger partial charge in [0.05, 0.1) is 13.1 Å². The van der Waals surface area contributed by atoms with E-state index < -0.39 is 0 Å². The molecule has 1 atom stereocenters. The largest absolute Gasteiger partial charge is 0.338 e. The number of likely N-dealkylation sites (tertiary alicyclic amines) is 1. The lowest BCUT2D eigenvalue weighted by Gasteiger charge is -2.32. The first-order valence-corrected chi connectivity index (χ1v) is 8.85. The van der Waals surface area contributed by atoms with Crippen LogP contribution in [0.25, 0.3) is 0 Å². The van der Waals surface area contributed by atoms with E-state index in [0.717, 1.165) is 39.1 Å². The molecule has 2 rings (SSSR count). The molecule has 0 N–H and O–H groups in total. The van der Waals surface area contributed by atoms with E-state index in [0.29, 0.717) is 11.8 Å². The van der Waals surface area contributed by atoms with Crippen molar-refractivity contribution in [1.29, 1.82) is 0 Å². The third-order valence-electron chi connectivity index (χ3n) is 3.21. The number of hydrogen-bond acceptors (Lipinski definition) is 2. The molecule has 1 aliphatic rings.